The number of ketones is 1. The molecule has 3 rings (SSSR count). The lowest BCUT2D eigenvalue weighted by atomic mass is 9.95. The molecule has 1 N–H and O–H groups in total. The van der Waals surface area contributed by atoms with E-state index in [2.05, 4.69) is 22.5 Å². The van der Waals surface area contributed by atoms with E-state index in [1.165, 1.54) is 35.2 Å². The number of nitro groups is 1. The van der Waals surface area contributed by atoms with Crippen molar-refractivity contribution in [3.05, 3.63) is 92.5 Å². The molecule has 0 spiro atoms. The number of aliphatic hydroxyl groups excluding tert-OH is 1. The molecule has 142 valence electrons. The van der Waals surface area contributed by atoms with Crippen molar-refractivity contribution in [2.45, 2.75) is 6.04 Å². The highest BCUT2D eigenvalue weighted by Gasteiger charge is 2.45. The number of rotatable bonds is 5. The zero-order chi connectivity index (χ0) is 20.4. The Morgan fingerprint density at radius 2 is 1.79 bits per heavy atom. The van der Waals surface area contributed by atoms with Crippen molar-refractivity contribution in [1.82, 2.24) is 4.90 Å². The van der Waals surface area contributed by atoms with E-state index in [1.807, 2.05) is 0 Å². The molecule has 0 aromatic heterocycles. The molecule has 1 amide bonds. The molecule has 1 aliphatic heterocycles. The molecular weight excluding hydrogens is 428 g/mol. The SMILES string of the molecule is C=CCN1C(=O)C(=O)/C(=C(/O)c2ccc(Br)cc2)[C@@H]1c1ccc([N+](=O)[O-])cc1. The van der Waals surface area contributed by atoms with Gasteiger partial charge in [0.25, 0.3) is 17.4 Å². The molecule has 1 fully saturated rings. The molecule has 28 heavy (non-hydrogen) atoms. The molecule has 0 unspecified atom stereocenters. The van der Waals surface area contributed by atoms with Crippen LogP contribution < -0.4 is 0 Å². The topological polar surface area (TPSA) is 101 Å². The van der Waals surface area contributed by atoms with Crippen LogP contribution in [0.1, 0.15) is 17.2 Å². The Morgan fingerprint density at radius 3 is 2.32 bits per heavy atom. The van der Waals surface area contributed by atoms with Gasteiger partial charge >= 0.3 is 0 Å². The summed E-state index contributed by atoms with van der Waals surface area (Å²) in [4.78, 5) is 36.8. The summed E-state index contributed by atoms with van der Waals surface area (Å²) in [7, 11) is 0. The van der Waals surface area contributed by atoms with E-state index in [0.29, 0.717) is 11.1 Å². The minimum absolute atomic E-state index is 0.0666. The van der Waals surface area contributed by atoms with E-state index < -0.39 is 22.7 Å². The summed E-state index contributed by atoms with van der Waals surface area (Å²) in [6.45, 7) is 3.70. The van der Waals surface area contributed by atoms with E-state index in [0.717, 1.165) is 4.47 Å². The van der Waals surface area contributed by atoms with E-state index in [4.69, 9.17) is 0 Å². The molecule has 1 aliphatic rings. The van der Waals surface area contributed by atoms with Crippen molar-refractivity contribution in [3.63, 3.8) is 0 Å². The molecule has 0 aliphatic carbocycles. The Balaban J connectivity index is 2.17. The highest BCUT2D eigenvalue weighted by molar-refractivity contribution is 9.10. The number of amides is 1. The maximum Gasteiger partial charge on any atom is 0.295 e. The second kappa shape index (κ2) is 7.77. The Kier molecular flexibility index (Phi) is 5.41. The number of Topliss-reactive ketones (excluding diaryl/α,β-unsaturated/α-hetero) is 1. The second-order valence-electron chi connectivity index (χ2n) is 6.10. The van der Waals surface area contributed by atoms with E-state index >= 15 is 0 Å². The van der Waals surface area contributed by atoms with Crippen molar-refractivity contribution >= 4 is 39.1 Å². The second-order valence-corrected chi connectivity index (χ2v) is 7.01. The van der Waals surface area contributed by atoms with E-state index in [1.54, 1.807) is 24.3 Å². The van der Waals surface area contributed by atoms with Crippen LogP contribution in [-0.2, 0) is 9.59 Å². The van der Waals surface area contributed by atoms with Crippen LogP contribution in [0.25, 0.3) is 5.76 Å². The Morgan fingerprint density at radius 1 is 1.18 bits per heavy atom. The number of nitrogens with zero attached hydrogens (tertiary/aromatic N) is 2. The number of nitro benzene ring substituents is 1. The van der Waals surface area contributed by atoms with Gasteiger partial charge in [0, 0.05) is 28.7 Å². The summed E-state index contributed by atoms with van der Waals surface area (Å²) in [6.07, 6.45) is 1.48. The normalized spacial score (nSPS) is 18.3. The third-order valence-corrected chi connectivity index (χ3v) is 4.93. The number of likely N-dealkylation sites (tertiary alicyclic amines) is 1. The van der Waals surface area contributed by atoms with Gasteiger partial charge in [0.1, 0.15) is 5.76 Å². The molecule has 2 aromatic carbocycles. The molecule has 1 atom stereocenters. The predicted octanol–water partition coefficient (Wildman–Crippen LogP) is 3.97. The number of benzene rings is 2. The fourth-order valence-electron chi connectivity index (χ4n) is 3.10. The first-order valence-corrected chi connectivity index (χ1v) is 9.04. The lowest BCUT2D eigenvalue weighted by Crippen LogP contribution is -2.29. The van der Waals surface area contributed by atoms with Crippen molar-refractivity contribution in [2.75, 3.05) is 6.54 Å². The molecule has 1 saturated heterocycles. The lowest BCUT2D eigenvalue weighted by Gasteiger charge is -2.24. The van der Waals surface area contributed by atoms with Gasteiger partial charge in [-0.3, -0.25) is 19.7 Å². The summed E-state index contributed by atoms with van der Waals surface area (Å²) in [6, 6.07) is 11.3. The van der Waals surface area contributed by atoms with Gasteiger partial charge in [0.05, 0.1) is 16.5 Å². The van der Waals surface area contributed by atoms with Gasteiger partial charge in [0.2, 0.25) is 0 Å². The molecule has 0 saturated carbocycles. The van der Waals surface area contributed by atoms with E-state index in [-0.39, 0.29) is 23.6 Å². The van der Waals surface area contributed by atoms with Crippen LogP contribution in [0.4, 0.5) is 5.69 Å². The van der Waals surface area contributed by atoms with Gasteiger partial charge in [-0.05, 0) is 29.8 Å². The van der Waals surface area contributed by atoms with Crippen LogP contribution in [0.2, 0.25) is 0 Å². The first-order valence-electron chi connectivity index (χ1n) is 8.24. The Hall–Kier alpha value is -3.26. The number of halogens is 1. The Bertz CT molecular complexity index is 996. The third kappa shape index (κ3) is 3.46. The quantitative estimate of drug-likeness (QED) is 0.188. The fraction of sp³-hybridized carbons (Fsp3) is 0.100. The summed E-state index contributed by atoms with van der Waals surface area (Å²) in [5.41, 5.74) is 0.678. The first kappa shape index (κ1) is 19.5. The van der Waals surface area contributed by atoms with Crippen LogP contribution >= 0.6 is 15.9 Å². The zero-order valence-electron chi connectivity index (χ0n) is 14.5. The van der Waals surface area contributed by atoms with Gasteiger partial charge in [-0.15, -0.1) is 6.58 Å². The fourth-order valence-corrected chi connectivity index (χ4v) is 3.36. The summed E-state index contributed by atoms with van der Waals surface area (Å²) < 4.78 is 0.795. The molecule has 0 bridgehead atoms. The van der Waals surface area contributed by atoms with Gasteiger partial charge in [-0.25, -0.2) is 0 Å². The highest BCUT2D eigenvalue weighted by Crippen LogP contribution is 2.39. The number of hydrogen-bond donors (Lipinski definition) is 1. The number of non-ortho nitro benzene ring substituents is 1. The van der Waals surface area contributed by atoms with Crippen molar-refractivity contribution in [1.29, 1.82) is 0 Å². The van der Waals surface area contributed by atoms with Crippen molar-refractivity contribution < 1.29 is 19.6 Å². The van der Waals surface area contributed by atoms with Crippen LogP contribution in [0, 0.1) is 10.1 Å². The minimum atomic E-state index is -0.873. The van der Waals surface area contributed by atoms with Crippen LogP contribution in [0.5, 0.6) is 0 Å². The average molecular weight is 443 g/mol. The van der Waals surface area contributed by atoms with Gasteiger partial charge in [-0.1, -0.05) is 34.1 Å². The maximum atomic E-state index is 12.7. The molecule has 1 heterocycles. The first-order chi connectivity index (χ1) is 13.3. The summed E-state index contributed by atoms with van der Waals surface area (Å²) >= 11 is 3.30. The lowest BCUT2D eigenvalue weighted by molar-refractivity contribution is -0.384. The smallest absolute Gasteiger partial charge is 0.295 e. The van der Waals surface area contributed by atoms with Crippen molar-refractivity contribution in [3.8, 4) is 0 Å². The molecular formula is C20H15BrN2O5. The van der Waals surface area contributed by atoms with Crippen LogP contribution in [0.3, 0.4) is 0 Å². The average Bonchev–Trinajstić information content (AvgIpc) is 2.93. The van der Waals surface area contributed by atoms with Crippen LogP contribution in [-0.4, -0.2) is 33.2 Å². The number of carbonyl (C=O) groups is 2. The standard InChI is InChI=1S/C20H15BrN2O5/c1-2-11-22-17(12-5-9-15(10-6-12)23(27)28)16(19(25)20(22)26)18(24)13-3-7-14(21)8-4-13/h2-10,17,24H,1,11H2/b18-16+/t17-/m0/s1. The number of hydrogen-bond acceptors (Lipinski definition) is 5. The van der Waals surface area contributed by atoms with Gasteiger partial charge in [0.15, 0.2) is 0 Å². The number of aliphatic hydroxyl groups is 1. The Labute approximate surface area is 168 Å². The van der Waals surface area contributed by atoms with Crippen LogP contribution in [0.15, 0.2) is 71.2 Å². The largest absolute Gasteiger partial charge is 0.507 e. The van der Waals surface area contributed by atoms with E-state index in [9.17, 15) is 24.8 Å². The third-order valence-electron chi connectivity index (χ3n) is 4.40. The molecule has 8 heteroatoms. The van der Waals surface area contributed by atoms with Crippen molar-refractivity contribution in [2.24, 2.45) is 0 Å². The monoisotopic (exact) mass is 442 g/mol. The summed E-state index contributed by atoms with van der Waals surface area (Å²) in [5, 5.41) is 21.7. The minimum Gasteiger partial charge on any atom is -0.507 e. The summed E-state index contributed by atoms with van der Waals surface area (Å²) in [5.74, 6) is -1.88. The predicted molar refractivity (Wildman–Crippen MR) is 106 cm³/mol. The highest BCUT2D eigenvalue weighted by atomic mass is 79.9. The van der Waals surface area contributed by atoms with Gasteiger partial charge < -0.3 is 10.0 Å². The molecule has 0 radical (unpaired) electrons. The maximum absolute atomic E-state index is 12.7. The molecule has 7 nitrogen and oxygen atoms in total. The molecule has 2 aromatic rings. The number of carbonyl (C=O) groups excluding carboxylic acids is 2. The van der Waals surface area contributed by atoms with Gasteiger partial charge in [-0.2, -0.15) is 0 Å². The zero-order valence-corrected chi connectivity index (χ0v) is 16.1.